The zero-order chi connectivity index (χ0) is 12.9. The number of hydrogen-bond acceptors (Lipinski definition) is 2. The lowest BCUT2D eigenvalue weighted by molar-refractivity contribution is -0.137. The van der Waals surface area contributed by atoms with Crippen molar-refractivity contribution in [1.82, 2.24) is 10.2 Å². The molecule has 0 aromatic rings. The molecule has 0 radical (unpaired) electrons. The first kappa shape index (κ1) is 14.5. The van der Waals surface area contributed by atoms with Gasteiger partial charge in [0.25, 0.3) is 0 Å². The number of carbonyl (C=O) groups is 1. The Balaban J connectivity index is 2.60. The van der Waals surface area contributed by atoms with E-state index in [1.165, 1.54) is 25.7 Å². The second-order valence-corrected chi connectivity index (χ2v) is 5.77. The van der Waals surface area contributed by atoms with Gasteiger partial charge >= 0.3 is 0 Å². The summed E-state index contributed by atoms with van der Waals surface area (Å²) in [6.07, 6.45) is 6.91. The molecular weight excluding hydrogens is 212 g/mol. The minimum Gasteiger partial charge on any atom is -0.339 e. The van der Waals surface area contributed by atoms with Crippen LogP contribution in [0.4, 0.5) is 0 Å². The van der Waals surface area contributed by atoms with Crippen LogP contribution in [0.15, 0.2) is 0 Å². The minimum absolute atomic E-state index is 0.0334. The zero-order valence-electron chi connectivity index (χ0n) is 11.9. The van der Waals surface area contributed by atoms with Gasteiger partial charge in [-0.05, 0) is 39.7 Å². The number of rotatable bonds is 3. The molecule has 0 saturated carbocycles. The maximum absolute atomic E-state index is 12.4. The highest BCUT2D eigenvalue weighted by Gasteiger charge is 2.30. The molecule has 3 nitrogen and oxygen atoms in total. The van der Waals surface area contributed by atoms with Gasteiger partial charge < -0.3 is 10.2 Å². The minimum atomic E-state index is -0.0405. The lowest BCUT2D eigenvalue weighted by Gasteiger charge is -2.37. The van der Waals surface area contributed by atoms with Crippen molar-refractivity contribution in [3.63, 3.8) is 0 Å². The summed E-state index contributed by atoms with van der Waals surface area (Å²) in [5.41, 5.74) is -0.0405. The Morgan fingerprint density at radius 3 is 2.59 bits per heavy atom. The predicted molar refractivity (Wildman–Crippen MR) is 72.0 cm³/mol. The van der Waals surface area contributed by atoms with Gasteiger partial charge in [0.05, 0.1) is 6.04 Å². The van der Waals surface area contributed by atoms with Crippen LogP contribution in [0, 0.1) is 0 Å². The molecule has 1 fully saturated rings. The molecule has 3 heteroatoms. The summed E-state index contributed by atoms with van der Waals surface area (Å²) in [5, 5.41) is 3.41. The molecule has 0 spiro atoms. The largest absolute Gasteiger partial charge is 0.339 e. The third-order valence-electron chi connectivity index (χ3n) is 4.21. The van der Waals surface area contributed by atoms with Crippen LogP contribution in [0.5, 0.6) is 0 Å². The molecule has 100 valence electrons. The van der Waals surface area contributed by atoms with E-state index in [0.717, 1.165) is 19.4 Å². The zero-order valence-corrected chi connectivity index (χ0v) is 11.9. The highest BCUT2D eigenvalue weighted by molar-refractivity contribution is 5.82. The van der Waals surface area contributed by atoms with E-state index < -0.39 is 0 Å². The van der Waals surface area contributed by atoms with Crippen LogP contribution in [-0.2, 0) is 4.79 Å². The third-order valence-corrected chi connectivity index (χ3v) is 4.21. The van der Waals surface area contributed by atoms with Crippen LogP contribution >= 0.6 is 0 Å². The van der Waals surface area contributed by atoms with Crippen LogP contribution in [-0.4, -0.2) is 36.0 Å². The van der Waals surface area contributed by atoms with Gasteiger partial charge in [0.2, 0.25) is 5.91 Å². The fourth-order valence-corrected chi connectivity index (χ4v) is 2.19. The molecule has 17 heavy (non-hydrogen) atoms. The Bertz CT molecular complexity index is 243. The van der Waals surface area contributed by atoms with Gasteiger partial charge in [0.1, 0.15) is 0 Å². The fourth-order valence-electron chi connectivity index (χ4n) is 2.19. The standard InChI is InChI=1S/C14H28N2O/c1-5-14(2,3)16(4)13(17)12-10-8-6-7-9-11-15-12/h12,15H,5-11H2,1-4H3. The van der Waals surface area contributed by atoms with E-state index in [4.69, 9.17) is 0 Å². The molecule has 1 aliphatic heterocycles. The SMILES string of the molecule is CCC(C)(C)N(C)C(=O)C1CCCCCCN1. The Kier molecular flexibility index (Phi) is 5.44. The van der Waals surface area contributed by atoms with E-state index in [1.807, 2.05) is 11.9 Å². The molecule has 1 aliphatic rings. The average Bonchev–Trinajstić information content (AvgIpc) is 2.27. The first-order chi connectivity index (χ1) is 7.99. The number of carbonyl (C=O) groups excluding carboxylic acids is 1. The summed E-state index contributed by atoms with van der Waals surface area (Å²) in [4.78, 5) is 14.4. The Morgan fingerprint density at radius 1 is 1.29 bits per heavy atom. The van der Waals surface area contributed by atoms with Crippen molar-refractivity contribution in [2.24, 2.45) is 0 Å². The van der Waals surface area contributed by atoms with E-state index in [9.17, 15) is 4.79 Å². The number of nitrogens with one attached hydrogen (secondary N) is 1. The van der Waals surface area contributed by atoms with Gasteiger partial charge in [-0.15, -0.1) is 0 Å². The first-order valence-electron chi connectivity index (χ1n) is 7.00. The van der Waals surface area contributed by atoms with Crippen LogP contribution < -0.4 is 5.32 Å². The summed E-state index contributed by atoms with van der Waals surface area (Å²) in [6, 6.07) is 0.0334. The second kappa shape index (κ2) is 6.39. The molecule has 0 aromatic heterocycles. The fraction of sp³-hybridized carbons (Fsp3) is 0.929. The second-order valence-electron chi connectivity index (χ2n) is 5.77. The van der Waals surface area contributed by atoms with Gasteiger partial charge in [0, 0.05) is 12.6 Å². The molecule has 1 heterocycles. The number of nitrogens with zero attached hydrogens (tertiary/aromatic N) is 1. The van der Waals surface area contributed by atoms with E-state index in [-0.39, 0.29) is 17.5 Å². The van der Waals surface area contributed by atoms with Gasteiger partial charge in [-0.3, -0.25) is 4.79 Å². The van der Waals surface area contributed by atoms with Gasteiger partial charge in [-0.1, -0.05) is 26.2 Å². The average molecular weight is 240 g/mol. The van der Waals surface area contributed by atoms with E-state index >= 15 is 0 Å². The van der Waals surface area contributed by atoms with E-state index in [0.29, 0.717) is 0 Å². The normalized spacial score (nSPS) is 22.7. The molecule has 1 rings (SSSR count). The van der Waals surface area contributed by atoms with Crippen molar-refractivity contribution in [3.8, 4) is 0 Å². The molecule has 1 amide bonds. The Hall–Kier alpha value is -0.570. The maximum Gasteiger partial charge on any atom is 0.239 e. The van der Waals surface area contributed by atoms with Crippen LogP contribution in [0.25, 0.3) is 0 Å². The Labute approximate surface area is 106 Å². The highest BCUT2D eigenvalue weighted by Crippen LogP contribution is 2.19. The van der Waals surface area contributed by atoms with Crippen molar-refractivity contribution >= 4 is 5.91 Å². The topological polar surface area (TPSA) is 32.3 Å². The monoisotopic (exact) mass is 240 g/mol. The van der Waals surface area contributed by atoms with Gasteiger partial charge in [-0.2, -0.15) is 0 Å². The van der Waals surface area contributed by atoms with Crippen molar-refractivity contribution < 1.29 is 4.79 Å². The number of hydrogen-bond donors (Lipinski definition) is 1. The van der Waals surface area contributed by atoms with Crippen molar-refractivity contribution in [3.05, 3.63) is 0 Å². The number of amides is 1. The van der Waals surface area contributed by atoms with Crippen molar-refractivity contribution in [1.29, 1.82) is 0 Å². The van der Waals surface area contributed by atoms with Crippen LogP contribution in [0.2, 0.25) is 0 Å². The summed E-state index contributed by atoms with van der Waals surface area (Å²) >= 11 is 0. The molecule has 1 saturated heterocycles. The molecule has 1 atom stereocenters. The lowest BCUT2D eigenvalue weighted by atomic mass is 9.97. The highest BCUT2D eigenvalue weighted by atomic mass is 16.2. The summed E-state index contributed by atoms with van der Waals surface area (Å²) in [5.74, 6) is 0.263. The predicted octanol–water partition coefficient (Wildman–Crippen LogP) is 2.56. The molecular formula is C14H28N2O. The summed E-state index contributed by atoms with van der Waals surface area (Å²) in [6.45, 7) is 7.38. The van der Waals surface area contributed by atoms with Crippen molar-refractivity contribution in [2.45, 2.75) is 70.9 Å². The van der Waals surface area contributed by atoms with Gasteiger partial charge in [-0.25, -0.2) is 0 Å². The molecule has 0 aliphatic carbocycles. The third kappa shape index (κ3) is 3.98. The van der Waals surface area contributed by atoms with E-state index in [2.05, 4.69) is 26.1 Å². The maximum atomic E-state index is 12.4. The van der Waals surface area contributed by atoms with Crippen molar-refractivity contribution in [2.75, 3.05) is 13.6 Å². The number of likely N-dealkylation sites (N-methyl/N-ethyl adjacent to an activating group) is 1. The lowest BCUT2D eigenvalue weighted by Crippen LogP contribution is -2.53. The Morgan fingerprint density at radius 2 is 1.94 bits per heavy atom. The van der Waals surface area contributed by atoms with Gasteiger partial charge in [0.15, 0.2) is 0 Å². The quantitative estimate of drug-likeness (QED) is 0.822. The smallest absolute Gasteiger partial charge is 0.239 e. The van der Waals surface area contributed by atoms with Crippen LogP contribution in [0.3, 0.4) is 0 Å². The summed E-state index contributed by atoms with van der Waals surface area (Å²) < 4.78 is 0. The van der Waals surface area contributed by atoms with Crippen LogP contribution in [0.1, 0.15) is 59.3 Å². The first-order valence-corrected chi connectivity index (χ1v) is 7.00. The molecule has 0 aromatic carbocycles. The molecule has 1 N–H and O–H groups in total. The molecule has 1 unspecified atom stereocenters. The summed E-state index contributed by atoms with van der Waals surface area (Å²) in [7, 11) is 1.94. The molecule has 0 bridgehead atoms. The van der Waals surface area contributed by atoms with E-state index in [1.54, 1.807) is 0 Å².